The largest absolute Gasteiger partial charge is 0.481 e. The van der Waals surface area contributed by atoms with Crippen molar-refractivity contribution in [2.75, 3.05) is 19.0 Å². The summed E-state index contributed by atoms with van der Waals surface area (Å²) in [4.78, 5) is 26.2. The molecule has 1 aromatic rings. The summed E-state index contributed by atoms with van der Waals surface area (Å²) in [7, 11) is 0. The first kappa shape index (κ1) is 20.6. The number of nitrogens with one attached hydrogen (secondary N) is 1. The number of hydrogen-bond donors (Lipinski definition) is 1. The molecule has 0 aromatic heterocycles. The molecule has 1 atom stereocenters. The fourth-order valence-corrected chi connectivity index (χ4v) is 3.36. The Kier molecular flexibility index (Phi) is 7.76. The van der Waals surface area contributed by atoms with Gasteiger partial charge in [0.15, 0.2) is 6.10 Å². The van der Waals surface area contributed by atoms with E-state index in [-0.39, 0.29) is 17.9 Å². The number of halogens is 1. The standard InChI is InChI=1S/C20H29ClN2O3/c1-14(2)17-6-4-5-7-18(17)26-15(3)20(25)23-12-9-16(10-13-23)22-19(24)8-11-21/h4-7,14-16H,8-13H2,1-3H3,(H,22,24). The van der Waals surface area contributed by atoms with E-state index < -0.39 is 6.10 Å². The highest BCUT2D eigenvalue weighted by Gasteiger charge is 2.28. The molecule has 0 spiro atoms. The smallest absolute Gasteiger partial charge is 0.263 e. The van der Waals surface area contributed by atoms with Crippen LogP contribution in [0.5, 0.6) is 5.75 Å². The quantitative estimate of drug-likeness (QED) is 0.738. The number of amides is 2. The number of alkyl halides is 1. The zero-order valence-electron chi connectivity index (χ0n) is 15.8. The summed E-state index contributed by atoms with van der Waals surface area (Å²) < 4.78 is 5.97. The summed E-state index contributed by atoms with van der Waals surface area (Å²) in [5.74, 6) is 1.41. The molecular weight excluding hydrogens is 352 g/mol. The van der Waals surface area contributed by atoms with E-state index in [4.69, 9.17) is 16.3 Å². The molecule has 1 N–H and O–H groups in total. The van der Waals surface area contributed by atoms with Crippen molar-refractivity contribution in [1.29, 1.82) is 0 Å². The summed E-state index contributed by atoms with van der Waals surface area (Å²) >= 11 is 5.58. The minimum absolute atomic E-state index is 0.00547. The van der Waals surface area contributed by atoms with Crippen LogP contribution in [0.25, 0.3) is 0 Å². The Morgan fingerprint density at radius 2 is 1.88 bits per heavy atom. The topological polar surface area (TPSA) is 58.6 Å². The van der Waals surface area contributed by atoms with Crippen molar-refractivity contribution in [2.45, 2.75) is 58.1 Å². The van der Waals surface area contributed by atoms with Crippen LogP contribution >= 0.6 is 11.6 Å². The summed E-state index contributed by atoms with van der Waals surface area (Å²) in [6.07, 6.45) is 1.32. The fourth-order valence-electron chi connectivity index (χ4n) is 3.19. The monoisotopic (exact) mass is 380 g/mol. The molecule has 2 amide bonds. The van der Waals surface area contributed by atoms with Gasteiger partial charge in [-0.25, -0.2) is 0 Å². The third kappa shape index (κ3) is 5.63. The van der Waals surface area contributed by atoms with Gasteiger partial charge in [0, 0.05) is 31.4 Å². The lowest BCUT2D eigenvalue weighted by atomic mass is 10.0. The van der Waals surface area contributed by atoms with Crippen molar-refractivity contribution in [2.24, 2.45) is 0 Å². The predicted molar refractivity (Wildman–Crippen MR) is 104 cm³/mol. The zero-order valence-corrected chi connectivity index (χ0v) is 16.6. The Morgan fingerprint density at radius 1 is 1.23 bits per heavy atom. The second-order valence-electron chi connectivity index (χ2n) is 7.06. The number of para-hydroxylation sites is 1. The van der Waals surface area contributed by atoms with Crippen molar-refractivity contribution in [3.8, 4) is 5.75 Å². The van der Waals surface area contributed by atoms with Crippen LogP contribution in [0.4, 0.5) is 0 Å². The summed E-state index contributed by atoms with van der Waals surface area (Å²) in [6, 6.07) is 7.97. The number of nitrogens with zero attached hydrogens (tertiary/aromatic N) is 1. The lowest BCUT2D eigenvalue weighted by molar-refractivity contribution is -0.139. The van der Waals surface area contributed by atoms with Crippen molar-refractivity contribution in [1.82, 2.24) is 10.2 Å². The molecule has 0 aliphatic carbocycles. The number of likely N-dealkylation sites (tertiary alicyclic amines) is 1. The molecule has 144 valence electrons. The van der Waals surface area contributed by atoms with Crippen LogP contribution in [0, 0.1) is 0 Å². The number of piperidine rings is 1. The van der Waals surface area contributed by atoms with E-state index >= 15 is 0 Å². The Bertz CT molecular complexity index is 613. The average molecular weight is 381 g/mol. The maximum atomic E-state index is 12.7. The maximum Gasteiger partial charge on any atom is 0.263 e. The molecule has 2 rings (SSSR count). The molecule has 5 nitrogen and oxygen atoms in total. The highest BCUT2D eigenvalue weighted by molar-refractivity contribution is 6.18. The van der Waals surface area contributed by atoms with Crippen LogP contribution in [0.1, 0.15) is 51.5 Å². The van der Waals surface area contributed by atoms with E-state index in [0.29, 0.717) is 31.3 Å². The molecule has 1 aliphatic heterocycles. The van der Waals surface area contributed by atoms with Gasteiger partial charge in [-0.2, -0.15) is 0 Å². The van der Waals surface area contributed by atoms with Gasteiger partial charge in [-0.05, 0) is 37.3 Å². The third-order valence-electron chi connectivity index (χ3n) is 4.69. The van der Waals surface area contributed by atoms with Crippen LogP contribution in [0.2, 0.25) is 0 Å². The van der Waals surface area contributed by atoms with Gasteiger partial charge in [0.1, 0.15) is 5.75 Å². The molecule has 1 fully saturated rings. The Labute approximate surface area is 161 Å². The number of carbonyl (C=O) groups is 2. The Morgan fingerprint density at radius 3 is 2.50 bits per heavy atom. The number of carbonyl (C=O) groups excluding carboxylic acids is 2. The second kappa shape index (κ2) is 9.81. The maximum absolute atomic E-state index is 12.7. The van der Waals surface area contributed by atoms with Gasteiger partial charge in [0.05, 0.1) is 0 Å². The van der Waals surface area contributed by atoms with E-state index in [0.717, 1.165) is 24.2 Å². The van der Waals surface area contributed by atoms with Crippen molar-refractivity contribution < 1.29 is 14.3 Å². The fraction of sp³-hybridized carbons (Fsp3) is 0.600. The highest BCUT2D eigenvalue weighted by Crippen LogP contribution is 2.27. The first-order valence-electron chi connectivity index (χ1n) is 9.32. The summed E-state index contributed by atoms with van der Waals surface area (Å²) in [5.41, 5.74) is 1.10. The van der Waals surface area contributed by atoms with Crippen LogP contribution in [0.15, 0.2) is 24.3 Å². The summed E-state index contributed by atoms with van der Waals surface area (Å²) in [6.45, 7) is 7.28. The minimum atomic E-state index is -0.530. The van der Waals surface area contributed by atoms with Crippen LogP contribution < -0.4 is 10.1 Å². The van der Waals surface area contributed by atoms with E-state index in [1.165, 1.54) is 0 Å². The molecule has 26 heavy (non-hydrogen) atoms. The van der Waals surface area contributed by atoms with Gasteiger partial charge in [-0.3, -0.25) is 9.59 Å². The van der Waals surface area contributed by atoms with E-state index in [1.54, 1.807) is 6.92 Å². The van der Waals surface area contributed by atoms with E-state index in [2.05, 4.69) is 19.2 Å². The van der Waals surface area contributed by atoms with Crippen molar-refractivity contribution in [3.63, 3.8) is 0 Å². The number of ether oxygens (including phenoxy) is 1. The molecule has 6 heteroatoms. The summed E-state index contributed by atoms with van der Waals surface area (Å²) in [5, 5.41) is 2.98. The van der Waals surface area contributed by atoms with Gasteiger partial charge in [-0.1, -0.05) is 32.0 Å². The minimum Gasteiger partial charge on any atom is -0.481 e. The molecule has 1 saturated heterocycles. The molecule has 1 aliphatic rings. The highest BCUT2D eigenvalue weighted by atomic mass is 35.5. The Balaban J connectivity index is 1.87. The van der Waals surface area contributed by atoms with Gasteiger partial charge < -0.3 is 15.0 Å². The molecule has 1 heterocycles. The molecule has 1 unspecified atom stereocenters. The lowest BCUT2D eigenvalue weighted by Gasteiger charge is -2.34. The zero-order chi connectivity index (χ0) is 19.1. The average Bonchev–Trinajstić information content (AvgIpc) is 2.62. The molecule has 1 aromatic carbocycles. The molecular formula is C20H29ClN2O3. The van der Waals surface area contributed by atoms with Gasteiger partial charge in [0.2, 0.25) is 5.91 Å². The number of benzene rings is 1. The molecule has 0 radical (unpaired) electrons. The van der Waals surface area contributed by atoms with Gasteiger partial charge >= 0.3 is 0 Å². The molecule has 0 saturated carbocycles. The van der Waals surface area contributed by atoms with Gasteiger partial charge in [0.25, 0.3) is 5.91 Å². The number of rotatable bonds is 7. The van der Waals surface area contributed by atoms with Gasteiger partial charge in [-0.15, -0.1) is 11.6 Å². The van der Waals surface area contributed by atoms with E-state index in [1.807, 2.05) is 29.2 Å². The third-order valence-corrected chi connectivity index (χ3v) is 4.87. The first-order chi connectivity index (χ1) is 12.4. The van der Waals surface area contributed by atoms with Crippen molar-refractivity contribution in [3.05, 3.63) is 29.8 Å². The first-order valence-corrected chi connectivity index (χ1v) is 9.85. The predicted octanol–water partition coefficient (Wildman–Crippen LogP) is 3.31. The van der Waals surface area contributed by atoms with Crippen LogP contribution in [0.3, 0.4) is 0 Å². The molecule has 0 bridgehead atoms. The van der Waals surface area contributed by atoms with Crippen LogP contribution in [-0.4, -0.2) is 47.8 Å². The van der Waals surface area contributed by atoms with Crippen molar-refractivity contribution >= 4 is 23.4 Å². The Hall–Kier alpha value is -1.75. The van der Waals surface area contributed by atoms with Crippen LogP contribution in [-0.2, 0) is 9.59 Å². The SMILES string of the molecule is CC(Oc1ccccc1C(C)C)C(=O)N1CCC(NC(=O)CCCl)CC1. The second-order valence-corrected chi connectivity index (χ2v) is 7.44. The number of hydrogen-bond acceptors (Lipinski definition) is 3. The van der Waals surface area contributed by atoms with E-state index in [9.17, 15) is 9.59 Å². The lowest BCUT2D eigenvalue weighted by Crippen LogP contribution is -2.49. The normalized spacial score (nSPS) is 16.4.